The Labute approximate surface area is 107 Å². The summed E-state index contributed by atoms with van der Waals surface area (Å²) in [6.45, 7) is 8.43. The zero-order valence-corrected chi connectivity index (χ0v) is 12.3. The predicted molar refractivity (Wildman–Crippen MR) is 77.8 cm³/mol. The second kappa shape index (κ2) is 10.2. The Hall–Kier alpha value is -0.940. The summed E-state index contributed by atoms with van der Waals surface area (Å²) in [6.07, 6.45) is 13.3. The van der Waals surface area contributed by atoms with Crippen molar-refractivity contribution >= 4 is 8.46 Å². The first kappa shape index (κ1) is 16.1. The van der Waals surface area contributed by atoms with Crippen molar-refractivity contribution in [3.8, 4) is 0 Å². The second-order valence-corrected chi connectivity index (χ2v) is 5.08. The van der Waals surface area contributed by atoms with Gasteiger partial charge >= 0.3 is 0 Å². The third-order valence-electron chi connectivity index (χ3n) is 2.32. The standard InChI is InChI=1S/C15H23OP/c1-13(2)7-5-8-14(3)9-6-10-15(4)11-12-17-16/h6-7,9-11H,5,8,12H2,1-4H3/b10-6+,14-9+,15-11+. The highest BCUT2D eigenvalue weighted by molar-refractivity contribution is 7.23. The Morgan fingerprint density at radius 2 is 1.82 bits per heavy atom. The fourth-order valence-corrected chi connectivity index (χ4v) is 1.65. The van der Waals surface area contributed by atoms with Crippen molar-refractivity contribution in [2.24, 2.45) is 0 Å². The van der Waals surface area contributed by atoms with Crippen LogP contribution in [-0.2, 0) is 4.57 Å². The van der Waals surface area contributed by atoms with Crippen LogP contribution in [0.2, 0.25) is 0 Å². The average molecular weight is 250 g/mol. The van der Waals surface area contributed by atoms with Gasteiger partial charge in [0.1, 0.15) is 0 Å². The monoisotopic (exact) mass is 250 g/mol. The molecule has 94 valence electrons. The molecule has 0 atom stereocenters. The van der Waals surface area contributed by atoms with Crippen LogP contribution in [0.1, 0.15) is 40.5 Å². The van der Waals surface area contributed by atoms with Gasteiger partial charge in [-0.15, -0.1) is 0 Å². The van der Waals surface area contributed by atoms with E-state index >= 15 is 0 Å². The molecule has 17 heavy (non-hydrogen) atoms. The maximum atomic E-state index is 10.3. The molecule has 0 aliphatic heterocycles. The predicted octanol–water partition coefficient (Wildman–Crippen LogP) is 5.47. The summed E-state index contributed by atoms with van der Waals surface area (Å²) in [5, 5.41) is 0. The quantitative estimate of drug-likeness (QED) is 0.332. The molecule has 0 aromatic rings. The molecule has 0 aromatic carbocycles. The highest BCUT2D eigenvalue weighted by Crippen LogP contribution is 2.07. The minimum absolute atomic E-state index is 0.184. The molecule has 0 heterocycles. The van der Waals surface area contributed by atoms with Gasteiger partial charge in [0.15, 0.2) is 8.46 Å². The molecule has 0 radical (unpaired) electrons. The molecule has 0 bridgehead atoms. The van der Waals surface area contributed by atoms with Crippen LogP contribution in [0.3, 0.4) is 0 Å². The number of rotatable bonds is 7. The van der Waals surface area contributed by atoms with Crippen molar-refractivity contribution < 1.29 is 4.57 Å². The largest absolute Gasteiger partial charge is 0.275 e. The van der Waals surface area contributed by atoms with E-state index in [9.17, 15) is 4.57 Å². The minimum Gasteiger partial charge on any atom is -0.275 e. The van der Waals surface area contributed by atoms with Crippen molar-refractivity contribution in [3.63, 3.8) is 0 Å². The lowest BCUT2D eigenvalue weighted by atomic mass is 10.1. The first-order valence-electron chi connectivity index (χ1n) is 5.99. The molecule has 0 aliphatic rings. The second-order valence-electron chi connectivity index (χ2n) is 4.45. The van der Waals surface area contributed by atoms with Gasteiger partial charge in [0, 0.05) is 6.16 Å². The van der Waals surface area contributed by atoms with E-state index in [1.807, 2.05) is 13.0 Å². The lowest BCUT2D eigenvalue weighted by Crippen LogP contribution is -1.76. The van der Waals surface area contributed by atoms with Crippen molar-refractivity contribution in [2.75, 3.05) is 6.16 Å². The molecule has 0 amide bonds. The van der Waals surface area contributed by atoms with E-state index in [1.54, 1.807) is 0 Å². The summed E-state index contributed by atoms with van der Waals surface area (Å²) >= 11 is 0. The van der Waals surface area contributed by atoms with Gasteiger partial charge < -0.3 is 0 Å². The van der Waals surface area contributed by atoms with Crippen LogP contribution in [0.25, 0.3) is 0 Å². The van der Waals surface area contributed by atoms with Crippen LogP contribution in [0, 0.1) is 0 Å². The van der Waals surface area contributed by atoms with Gasteiger partial charge in [0.05, 0.1) is 0 Å². The lowest BCUT2D eigenvalue weighted by molar-refractivity contribution is 0.600. The van der Waals surface area contributed by atoms with Crippen LogP contribution < -0.4 is 0 Å². The highest BCUT2D eigenvalue weighted by atomic mass is 31.1. The molecule has 0 N–H and O–H groups in total. The smallest absolute Gasteiger partial charge is 0.159 e. The molecule has 0 unspecified atom stereocenters. The molecule has 0 saturated heterocycles. The van der Waals surface area contributed by atoms with Gasteiger partial charge in [0.25, 0.3) is 0 Å². The van der Waals surface area contributed by atoms with Crippen molar-refractivity contribution in [1.29, 1.82) is 0 Å². The summed E-state index contributed by atoms with van der Waals surface area (Å²) in [4.78, 5) is 0. The Balaban J connectivity index is 4.09. The molecule has 0 saturated carbocycles. The van der Waals surface area contributed by atoms with Crippen molar-refractivity contribution in [2.45, 2.75) is 40.5 Å². The van der Waals surface area contributed by atoms with E-state index in [2.05, 4.69) is 45.1 Å². The molecule has 0 aromatic heterocycles. The van der Waals surface area contributed by atoms with Gasteiger partial charge in [-0.1, -0.05) is 47.1 Å². The van der Waals surface area contributed by atoms with Crippen molar-refractivity contribution in [3.05, 3.63) is 47.1 Å². The molecule has 0 rings (SSSR count). The Bertz CT molecular complexity index is 342. The van der Waals surface area contributed by atoms with Gasteiger partial charge in [-0.05, 0) is 40.5 Å². The third kappa shape index (κ3) is 11.3. The maximum absolute atomic E-state index is 10.3. The highest BCUT2D eigenvalue weighted by Gasteiger charge is 1.87. The topological polar surface area (TPSA) is 17.1 Å². The van der Waals surface area contributed by atoms with E-state index < -0.39 is 0 Å². The molecular formula is C15H23OP. The van der Waals surface area contributed by atoms with Crippen LogP contribution in [0.15, 0.2) is 47.1 Å². The van der Waals surface area contributed by atoms with E-state index in [-0.39, 0.29) is 8.46 Å². The zero-order chi connectivity index (χ0) is 13.1. The fraction of sp³-hybridized carbons (Fsp3) is 0.467. The van der Waals surface area contributed by atoms with Gasteiger partial charge in [-0.3, -0.25) is 4.57 Å². The summed E-state index contributed by atoms with van der Waals surface area (Å²) < 4.78 is 10.3. The Kier molecular flexibility index (Phi) is 9.66. The SMILES string of the molecule is CC(C)=CCC/C(C)=C/C=C/C(C)=C/CP=O. The van der Waals surface area contributed by atoms with Crippen molar-refractivity contribution in [1.82, 2.24) is 0 Å². The summed E-state index contributed by atoms with van der Waals surface area (Å²) in [5.41, 5.74) is 3.92. The minimum atomic E-state index is 0.184. The van der Waals surface area contributed by atoms with Gasteiger partial charge in [-0.2, -0.15) is 0 Å². The molecular weight excluding hydrogens is 227 g/mol. The average Bonchev–Trinajstić information content (AvgIpc) is 2.25. The number of allylic oxidation sites excluding steroid dienone is 8. The lowest BCUT2D eigenvalue weighted by Gasteiger charge is -1.96. The van der Waals surface area contributed by atoms with Crippen LogP contribution in [0.5, 0.6) is 0 Å². The van der Waals surface area contributed by atoms with Crippen LogP contribution in [0.4, 0.5) is 0 Å². The molecule has 0 fully saturated rings. The van der Waals surface area contributed by atoms with Crippen LogP contribution in [-0.4, -0.2) is 6.16 Å². The summed E-state index contributed by atoms with van der Waals surface area (Å²) in [5.74, 6) is 0. The number of hydrogen-bond donors (Lipinski definition) is 0. The van der Waals surface area contributed by atoms with Crippen LogP contribution >= 0.6 is 8.46 Å². The Morgan fingerprint density at radius 1 is 1.12 bits per heavy atom. The van der Waals surface area contributed by atoms with E-state index in [1.165, 1.54) is 11.1 Å². The van der Waals surface area contributed by atoms with E-state index in [0.717, 1.165) is 18.4 Å². The molecule has 0 spiro atoms. The Morgan fingerprint density at radius 3 is 2.41 bits per heavy atom. The van der Waals surface area contributed by atoms with Gasteiger partial charge in [-0.25, -0.2) is 0 Å². The molecule has 1 nitrogen and oxygen atoms in total. The summed E-state index contributed by atoms with van der Waals surface area (Å²) in [7, 11) is 0.184. The van der Waals surface area contributed by atoms with E-state index in [4.69, 9.17) is 0 Å². The molecule has 0 aliphatic carbocycles. The third-order valence-corrected chi connectivity index (χ3v) is 2.65. The van der Waals surface area contributed by atoms with Gasteiger partial charge in [0.2, 0.25) is 0 Å². The fourth-order valence-electron chi connectivity index (χ4n) is 1.29. The van der Waals surface area contributed by atoms with E-state index in [0.29, 0.717) is 6.16 Å². The molecule has 2 heteroatoms. The maximum Gasteiger partial charge on any atom is 0.159 e. The summed E-state index contributed by atoms with van der Waals surface area (Å²) in [6, 6.07) is 0. The number of hydrogen-bond acceptors (Lipinski definition) is 1. The zero-order valence-electron chi connectivity index (χ0n) is 11.4. The first-order valence-corrected chi connectivity index (χ1v) is 6.99. The normalized spacial score (nSPS) is 13.4. The first-order chi connectivity index (χ1) is 8.06.